The van der Waals surface area contributed by atoms with Gasteiger partial charge in [-0.1, -0.05) is 0 Å². The summed E-state index contributed by atoms with van der Waals surface area (Å²) in [4.78, 5) is 0.178. The number of nitrogen functional groups attached to an aromatic ring is 1. The third-order valence-corrected chi connectivity index (χ3v) is 11.0. The third-order valence-electron chi connectivity index (χ3n) is 6.40. The molecule has 3 aromatic rings. The molecule has 2 aliphatic heterocycles. The number of anilines is 1. The van der Waals surface area contributed by atoms with E-state index in [0.29, 0.717) is 29.3 Å². The molecule has 2 aromatic carbocycles. The summed E-state index contributed by atoms with van der Waals surface area (Å²) in [5.41, 5.74) is 12.0. The van der Waals surface area contributed by atoms with E-state index in [4.69, 9.17) is 10.5 Å². The molecule has 3 N–H and O–H groups in total. The Morgan fingerprint density at radius 2 is 1.94 bits per heavy atom. The fraction of sp³-hybridized carbons (Fsp3) is 0.222. The minimum atomic E-state index is -3.92. The average molecular weight is 616 g/mol. The van der Waals surface area contributed by atoms with Gasteiger partial charge in [0.2, 0.25) is 0 Å². The Hall–Kier alpha value is -3.05. The zero-order valence-corrected chi connectivity index (χ0v) is 23.6. The number of hydrogen-bond donors (Lipinski definition) is 2. The maximum absolute atomic E-state index is 13.6. The SMILES string of the molecule is C=C(NS(=O)(=O)c1c(C)ccc2c1OCC2(C)C)C1=C[I-]c2c(C)ccc(-n3cc(N)cn3)c2C=C1. The summed E-state index contributed by atoms with van der Waals surface area (Å²) >= 11 is -0.569. The molecular formula is C27H28IN4O3S-. The zero-order chi connectivity index (χ0) is 25.8. The van der Waals surface area contributed by atoms with E-state index in [1.807, 2.05) is 44.2 Å². The number of ether oxygens (including phenoxy) is 1. The van der Waals surface area contributed by atoms with Crippen LogP contribution in [0, 0.1) is 17.4 Å². The molecule has 1 aromatic heterocycles. The molecule has 0 radical (unpaired) electrons. The van der Waals surface area contributed by atoms with Crippen LogP contribution in [0.1, 0.15) is 36.1 Å². The Morgan fingerprint density at radius 3 is 2.67 bits per heavy atom. The van der Waals surface area contributed by atoms with Crippen LogP contribution in [0.25, 0.3) is 11.8 Å². The third kappa shape index (κ3) is 4.24. The number of aryl methyl sites for hydroxylation is 2. The van der Waals surface area contributed by atoms with Crippen molar-refractivity contribution in [1.29, 1.82) is 0 Å². The van der Waals surface area contributed by atoms with Crippen LogP contribution in [0.4, 0.5) is 5.69 Å². The maximum atomic E-state index is 13.6. The van der Waals surface area contributed by atoms with Crippen molar-refractivity contribution in [2.24, 2.45) is 0 Å². The summed E-state index contributed by atoms with van der Waals surface area (Å²) in [6.07, 6.45) is 7.32. The normalized spacial score (nSPS) is 16.2. The first kappa shape index (κ1) is 24.6. The van der Waals surface area contributed by atoms with Crippen molar-refractivity contribution in [1.82, 2.24) is 14.5 Å². The van der Waals surface area contributed by atoms with Crippen molar-refractivity contribution in [3.8, 4) is 11.4 Å². The summed E-state index contributed by atoms with van der Waals surface area (Å²) in [5, 5.41) is 4.37. The van der Waals surface area contributed by atoms with Gasteiger partial charge >= 0.3 is 223 Å². The van der Waals surface area contributed by atoms with Crippen LogP contribution in [0.2, 0.25) is 0 Å². The van der Waals surface area contributed by atoms with Crippen LogP contribution in [-0.2, 0) is 15.4 Å². The van der Waals surface area contributed by atoms with Crippen molar-refractivity contribution in [3.63, 3.8) is 0 Å². The van der Waals surface area contributed by atoms with Gasteiger partial charge in [0.1, 0.15) is 0 Å². The second-order valence-electron chi connectivity index (χ2n) is 9.70. The number of benzene rings is 2. The van der Waals surface area contributed by atoms with Crippen LogP contribution < -0.4 is 36.4 Å². The van der Waals surface area contributed by atoms with Gasteiger partial charge < -0.3 is 0 Å². The van der Waals surface area contributed by atoms with Gasteiger partial charge in [-0.3, -0.25) is 0 Å². The zero-order valence-electron chi connectivity index (χ0n) is 20.6. The van der Waals surface area contributed by atoms with E-state index in [2.05, 4.69) is 33.5 Å². The number of allylic oxidation sites excluding steroid dienone is 1. The van der Waals surface area contributed by atoms with Gasteiger partial charge in [0.15, 0.2) is 0 Å². The van der Waals surface area contributed by atoms with Crippen molar-refractivity contribution >= 4 is 21.8 Å². The second-order valence-corrected chi connectivity index (χ2v) is 13.6. The monoisotopic (exact) mass is 615 g/mol. The molecule has 0 fully saturated rings. The molecule has 0 unspecified atom stereocenters. The predicted molar refractivity (Wildman–Crippen MR) is 138 cm³/mol. The fourth-order valence-corrected chi connectivity index (χ4v) is 8.57. The van der Waals surface area contributed by atoms with Crippen LogP contribution in [0.3, 0.4) is 0 Å². The molecule has 0 saturated heterocycles. The second kappa shape index (κ2) is 8.81. The van der Waals surface area contributed by atoms with E-state index in [1.54, 1.807) is 24.0 Å². The van der Waals surface area contributed by atoms with E-state index in [-0.39, 0.29) is 10.3 Å². The summed E-state index contributed by atoms with van der Waals surface area (Å²) in [6, 6.07) is 7.90. The standard InChI is InChI=1S/C27H28IN4O3S/c1-16-7-11-23(32-14-20(29)13-30-32)21-9-8-19(12-28-24(16)21)18(3)31-36(33,34)26-17(2)6-10-22-25(26)35-15-27(22,4)5/h6-14,31H,3,15,29H2,1-2,4-5H3/q-1. The molecule has 0 amide bonds. The first-order chi connectivity index (χ1) is 17.0. The molecule has 2 aliphatic rings. The molecule has 0 aliphatic carbocycles. The van der Waals surface area contributed by atoms with Gasteiger partial charge in [-0.15, -0.1) is 0 Å². The van der Waals surface area contributed by atoms with E-state index in [1.165, 1.54) is 9.13 Å². The molecule has 3 heterocycles. The van der Waals surface area contributed by atoms with Crippen LogP contribution in [-0.4, -0.2) is 24.8 Å². The number of rotatable bonds is 5. The Bertz CT molecular complexity index is 1580. The van der Waals surface area contributed by atoms with Gasteiger partial charge in [0.05, 0.1) is 0 Å². The van der Waals surface area contributed by atoms with Crippen molar-refractivity contribution in [2.75, 3.05) is 12.3 Å². The Kier molecular flexibility index (Phi) is 6.03. The number of nitrogens with two attached hydrogens (primary N) is 1. The van der Waals surface area contributed by atoms with E-state index in [0.717, 1.165) is 22.4 Å². The number of sulfonamides is 1. The molecule has 0 spiro atoms. The van der Waals surface area contributed by atoms with Gasteiger partial charge in [0.25, 0.3) is 0 Å². The molecular weight excluding hydrogens is 587 g/mol. The first-order valence-electron chi connectivity index (χ1n) is 11.4. The van der Waals surface area contributed by atoms with Crippen LogP contribution in [0.15, 0.2) is 69.6 Å². The molecule has 9 heteroatoms. The number of halogens is 1. The summed E-state index contributed by atoms with van der Waals surface area (Å²) in [7, 11) is -3.92. The molecule has 36 heavy (non-hydrogen) atoms. The van der Waals surface area contributed by atoms with E-state index < -0.39 is 31.2 Å². The molecule has 0 saturated carbocycles. The molecule has 0 bridgehead atoms. The number of nitrogens with one attached hydrogen (secondary N) is 1. The molecule has 188 valence electrons. The fourth-order valence-electron chi connectivity index (χ4n) is 4.43. The van der Waals surface area contributed by atoms with Crippen LogP contribution in [0.5, 0.6) is 5.75 Å². The van der Waals surface area contributed by atoms with Gasteiger partial charge in [-0.05, 0) is 0 Å². The number of hydrogen-bond acceptors (Lipinski definition) is 5. The van der Waals surface area contributed by atoms with Crippen molar-refractivity contribution < 1.29 is 34.4 Å². The Labute approximate surface area is 222 Å². The van der Waals surface area contributed by atoms with Crippen molar-refractivity contribution in [3.05, 3.63) is 90.5 Å². The van der Waals surface area contributed by atoms with E-state index >= 15 is 0 Å². The summed E-state index contributed by atoms with van der Waals surface area (Å²) in [5.74, 6) is 0.435. The topological polar surface area (TPSA) is 99.2 Å². The average Bonchev–Trinajstić information content (AvgIpc) is 3.27. The quantitative estimate of drug-likeness (QED) is 0.423. The summed E-state index contributed by atoms with van der Waals surface area (Å²) < 4.78 is 40.8. The minimum absolute atomic E-state index is 0.178. The molecule has 5 rings (SSSR count). The molecule has 7 nitrogen and oxygen atoms in total. The van der Waals surface area contributed by atoms with Gasteiger partial charge in [-0.25, -0.2) is 0 Å². The van der Waals surface area contributed by atoms with E-state index in [9.17, 15) is 8.42 Å². The number of aromatic nitrogens is 2. The first-order valence-corrected chi connectivity index (χ1v) is 15.2. The van der Waals surface area contributed by atoms with Crippen LogP contribution >= 0.6 is 0 Å². The summed E-state index contributed by atoms with van der Waals surface area (Å²) in [6.45, 7) is 12.5. The molecule has 0 atom stereocenters. The Balaban J connectivity index is 1.47. The number of fused-ring (bicyclic) bond motifs is 2. The van der Waals surface area contributed by atoms with Crippen molar-refractivity contribution in [2.45, 2.75) is 38.0 Å². The Morgan fingerprint density at radius 1 is 1.19 bits per heavy atom. The number of nitrogens with zero attached hydrogens (tertiary/aromatic N) is 2. The van der Waals surface area contributed by atoms with Gasteiger partial charge in [-0.2, -0.15) is 0 Å². The predicted octanol–water partition coefficient (Wildman–Crippen LogP) is 1.40. The van der Waals surface area contributed by atoms with Gasteiger partial charge in [0, 0.05) is 0 Å².